The van der Waals surface area contributed by atoms with Gasteiger partial charge in [0.05, 0.1) is 29.7 Å². The molecular formula is C15H15N9O3S. The van der Waals surface area contributed by atoms with Gasteiger partial charge in [0, 0.05) is 24.8 Å². The standard InChI is InChI=1S/C15H15N9O3S/c1-2-28(26,27)22-7-15(8-22,3-4-16)24-6-11(5-20-24)12-13-14(18-9-17-12)23(21-25)10-19-13/h5-6,9-10H,2-3,7-8H2,1H3. The van der Waals surface area contributed by atoms with Gasteiger partial charge in [-0.15, -0.1) is 4.91 Å². The van der Waals surface area contributed by atoms with Crippen molar-refractivity contribution in [2.45, 2.75) is 18.9 Å². The third kappa shape index (κ3) is 2.65. The lowest BCUT2D eigenvalue weighted by Crippen LogP contribution is -2.64. The molecule has 3 aromatic heterocycles. The van der Waals surface area contributed by atoms with Gasteiger partial charge in [-0.05, 0) is 6.92 Å². The number of nitrogens with zero attached hydrogens (tertiary/aromatic N) is 9. The quantitative estimate of drug-likeness (QED) is 0.541. The smallest absolute Gasteiger partial charge is 0.213 e. The summed E-state index contributed by atoms with van der Waals surface area (Å²) in [6.45, 7) is 1.95. The second kappa shape index (κ2) is 6.43. The van der Waals surface area contributed by atoms with E-state index in [4.69, 9.17) is 0 Å². The maximum Gasteiger partial charge on any atom is 0.213 e. The minimum atomic E-state index is -3.32. The van der Waals surface area contributed by atoms with E-state index in [1.54, 1.807) is 24.0 Å². The molecule has 0 bridgehead atoms. The predicted molar refractivity (Wildman–Crippen MR) is 97.0 cm³/mol. The molecule has 1 fully saturated rings. The molecule has 4 rings (SSSR count). The number of hydrogen-bond acceptors (Lipinski definition) is 9. The molecule has 0 saturated carbocycles. The predicted octanol–water partition coefficient (Wildman–Crippen LogP) is 0.494. The molecule has 0 atom stereocenters. The molecule has 0 amide bonds. The zero-order valence-electron chi connectivity index (χ0n) is 14.8. The van der Waals surface area contributed by atoms with Gasteiger partial charge in [0.15, 0.2) is 5.65 Å². The van der Waals surface area contributed by atoms with Crippen molar-refractivity contribution in [2.75, 3.05) is 18.8 Å². The summed E-state index contributed by atoms with van der Waals surface area (Å²) in [7, 11) is -3.32. The summed E-state index contributed by atoms with van der Waals surface area (Å²) in [6.07, 6.45) is 5.92. The first-order valence-corrected chi connectivity index (χ1v) is 9.97. The van der Waals surface area contributed by atoms with Crippen LogP contribution in [0.25, 0.3) is 22.4 Å². The molecule has 1 aliphatic rings. The number of aromatic nitrogens is 6. The van der Waals surface area contributed by atoms with Crippen molar-refractivity contribution >= 4 is 21.2 Å². The summed E-state index contributed by atoms with van der Waals surface area (Å²) >= 11 is 0. The van der Waals surface area contributed by atoms with Crippen LogP contribution in [0.5, 0.6) is 0 Å². The summed E-state index contributed by atoms with van der Waals surface area (Å²) in [4.78, 5) is 23.2. The fourth-order valence-corrected chi connectivity index (χ4v) is 4.51. The summed E-state index contributed by atoms with van der Waals surface area (Å²) < 4.78 is 28.1. The largest absolute Gasteiger partial charge is 0.262 e. The number of imidazole rings is 1. The minimum absolute atomic E-state index is 0.00628. The molecule has 13 heteroatoms. The second-order valence-electron chi connectivity index (χ2n) is 6.47. The zero-order valence-corrected chi connectivity index (χ0v) is 15.6. The highest BCUT2D eigenvalue weighted by Crippen LogP contribution is 2.35. The lowest BCUT2D eigenvalue weighted by Gasteiger charge is -2.47. The van der Waals surface area contributed by atoms with E-state index < -0.39 is 15.6 Å². The Bertz CT molecular complexity index is 1200. The Labute approximate surface area is 159 Å². The normalized spacial score (nSPS) is 16.6. The van der Waals surface area contributed by atoms with Gasteiger partial charge in [0.2, 0.25) is 10.0 Å². The Morgan fingerprint density at radius 1 is 1.32 bits per heavy atom. The highest BCUT2D eigenvalue weighted by atomic mass is 32.2. The fraction of sp³-hybridized carbons (Fsp3) is 0.400. The Kier molecular flexibility index (Phi) is 4.16. The highest BCUT2D eigenvalue weighted by molar-refractivity contribution is 7.89. The maximum atomic E-state index is 12.1. The molecule has 0 N–H and O–H groups in total. The van der Waals surface area contributed by atoms with Gasteiger partial charge in [0.1, 0.15) is 29.4 Å². The molecule has 12 nitrogen and oxygen atoms in total. The number of nitroso groups, excluding NO2 is 1. The lowest BCUT2D eigenvalue weighted by atomic mass is 9.89. The van der Waals surface area contributed by atoms with E-state index in [0.717, 1.165) is 4.68 Å². The van der Waals surface area contributed by atoms with Gasteiger partial charge in [0.25, 0.3) is 0 Å². The van der Waals surface area contributed by atoms with Gasteiger partial charge in [-0.1, -0.05) is 0 Å². The van der Waals surface area contributed by atoms with Crippen LogP contribution in [0.2, 0.25) is 0 Å². The summed E-state index contributed by atoms with van der Waals surface area (Å²) in [6, 6.07) is 2.12. The number of rotatable bonds is 6. The van der Waals surface area contributed by atoms with Gasteiger partial charge in [-0.25, -0.2) is 23.4 Å². The third-order valence-electron chi connectivity index (χ3n) is 4.85. The van der Waals surface area contributed by atoms with Gasteiger partial charge >= 0.3 is 0 Å². The number of sulfonamides is 1. The maximum absolute atomic E-state index is 12.1. The number of hydrogen-bond donors (Lipinski definition) is 0. The molecule has 144 valence electrons. The first kappa shape index (κ1) is 18.1. The van der Waals surface area contributed by atoms with Crippen molar-refractivity contribution < 1.29 is 8.42 Å². The van der Waals surface area contributed by atoms with Crippen LogP contribution in [0.3, 0.4) is 0 Å². The van der Waals surface area contributed by atoms with Crippen molar-refractivity contribution in [1.82, 2.24) is 33.7 Å². The van der Waals surface area contributed by atoms with Gasteiger partial charge in [-0.3, -0.25) is 4.68 Å². The van der Waals surface area contributed by atoms with Crippen LogP contribution in [0, 0.1) is 16.2 Å². The molecule has 1 saturated heterocycles. The van der Waals surface area contributed by atoms with Crippen LogP contribution in [0.1, 0.15) is 13.3 Å². The van der Waals surface area contributed by atoms with E-state index in [-0.39, 0.29) is 30.9 Å². The van der Waals surface area contributed by atoms with Crippen molar-refractivity contribution in [1.29, 1.82) is 5.26 Å². The summed E-state index contributed by atoms with van der Waals surface area (Å²) in [5.74, 6) is 0.00628. The van der Waals surface area contributed by atoms with Crippen LogP contribution in [-0.4, -0.2) is 61.0 Å². The average molecular weight is 401 g/mol. The van der Waals surface area contributed by atoms with E-state index in [9.17, 15) is 18.6 Å². The Hall–Kier alpha value is -3.24. The highest BCUT2D eigenvalue weighted by Gasteiger charge is 2.49. The Morgan fingerprint density at radius 3 is 2.79 bits per heavy atom. The van der Waals surface area contributed by atoms with E-state index in [1.807, 2.05) is 0 Å². The van der Waals surface area contributed by atoms with Crippen LogP contribution in [0.15, 0.2) is 30.3 Å². The van der Waals surface area contributed by atoms with Crippen LogP contribution in [0.4, 0.5) is 0 Å². The van der Waals surface area contributed by atoms with E-state index in [2.05, 4.69) is 31.4 Å². The van der Waals surface area contributed by atoms with Gasteiger partial charge < -0.3 is 0 Å². The zero-order chi connectivity index (χ0) is 19.9. The second-order valence-corrected chi connectivity index (χ2v) is 8.72. The first-order chi connectivity index (χ1) is 13.4. The van der Waals surface area contributed by atoms with E-state index in [0.29, 0.717) is 16.8 Å². The van der Waals surface area contributed by atoms with Gasteiger partial charge in [-0.2, -0.15) is 19.3 Å². The monoisotopic (exact) mass is 401 g/mol. The number of nitriles is 1. The fourth-order valence-electron chi connectivity index (χ4n) is 3.27. The molecule has 0 aromatic carbocycles. The third-order valence-corrected chi connectivity index (χ3v) is 6.63. The minimum Gasteiger partial charge on any atom is -0.262 e. The Balaban J connectivity index is 1.71. The summed E-state index contributed by atoms with van der Waals surface area (Å²) in [5.41, 5.74) is 0.995. The topological polar surface area (TPSA) is 152 Å². The molecule has 0 aliphatic carbocycles. The van der Waals surface area contributed by atoms with Crippen LogP contribution < -0.4 is 0 Å². The number of fused-ring (bicyclic) bond motifs is 1. The molecule has 1 aliphatic heterocycles. The molecule has 28 heavy (non-hydrogen) atoms. The van der Waals surface area contributed by atoms with Crippen molar-refractivity contribution in [3.8, 4) is 17.3 Å². The molecule has 0 spiro atoms. The molecule has 3 aromatic rings. The average Bonchev–Trinajstić information content (AvgIpc) is 3.31. The van der Waals surface area contributed by atoms with E-state index >= 15 is 0 Å². The Morgan fingerprint density at radius 2 is 2.11 bits per heavy atom. The van der Waals surface area contributed by atoms with Crippen LogP contribution in [-0.2, 0) is 15.6 Å². The molecule has 0 unspecified atom stereocenters. The molecular weight excluding hydrogens is 386 g/mol. The lowest BCUT2D eigenvalue weighted by molar-refractivity contribution is 0.0719. The van der Waals surface area contributed by atoms with E-state index in [1.165, 1.54) is 17.0 Å². The van der Waals surface area contributed by atoms with Crippen LogP contribution >= 0.6 is 0 Å². The first-order valence-electron chi connectivity index (χ1n) is 8.36. The van der Waals surface area contributed by atoms with Crippen molar-refractivity contribution in [2.24, 2.45) is 5.29 Å². The van der Waals surface area contributed by atoms with Crippen molar-refractivity contribution in [3.63, 3.8) is 0 Å². The SMILES string of the molecule is CCS(=O)(=O)N1CC(CC#N)(n2cc(-c3ncnc4c3ncn4N=O)cn2)C1. The summed E-state index contributed by atoms with van der Waals surface area (Å²) in [5, 5.41) is 16.4. The molecule has 0 radical (unpaired) electrons. The van der Waals surface area contributed by atoms with Crippen molar-refractivity contribution in [3.05, 3.63) is 30.0 Å². The molecule has 4 heterocycles.